The second-order valence-corrected chi connectivity index (χ2v) is 6.46. The van der Waals surface area contributed by atoms with Crippen LogP contribution in [-0.4, -0.2) is 38.2 Å². The van der Waals surface area contributed by atoms with E-state index in [9.17, 15) is 0 Å². The number of nitrogens with zero attached hydrogens (tertiary/aromatic N) is 4. The van der Waals surface area contributed by atoms with Gasteiger partial charge in [-0.1, -0.05) is 12.2 Å². The predicted octanol–water partition coefficient (Wildman–Crippen LogP) is 3.44. The summed E-state index contributed by atoms with van der Waals surface area (Å²) in [5.41, 5.74) is 4.63. The maximum atomic E-state index is 4.63. The zero-order chi connectivity index (χ0) is 16.4. The Kier molecular flexibility index (Phi) is 4.33. The second kappa shape index (κ2) is 6.41. The van der Waals surface area contributed by atoms with Crippen LogP contribution in [0.1, 0.15) is 29.6 Å². The minimum absolute atomic E-state index is 0.291. The minimum atomic E-state index is 0.291. The molecule has 2 aromatic heterocycles. The average Bonchev–Trinajstić information content (AvgIpc) is 3.04. The molecule has 0 amide bonds. The van der Waals surface area contributed by atoms with Gasteiger partial charge in [-0.2, -0.15) is 0 Å². The summed E-state index contributed by atoms with van der Waals surface area (Å²) in [6, 6.07) is 8.47. The fraction of sp³-hybridized carbons (Fsp3) is 0.368. The normalized spacial score (nSPS) is 19.8. The lowest BCUT2D eigenvalue weighted by molar-refractivity contribution is 0.632. The Morgan fingerprint density at radius 3 is 2.04 bits per heavy atom. The van der Waals surface area contributed by atoms with Gasteiger partial charge in [0.25, 0.3) is 0 Å². The molecule has 0 saturated heterocycles. The highest BCUT2D eigenvalue weighted by atomic mass is 15.1. The predicted molar refractivity (Wildman–Crippen MR) is 96.4 cm³/mol. The van der Waals surface area contributed by atoms with Crippen molar-refractivity contribution in [3.8, 4) is 0 Å². The summed E-state index contributed by atoms with van der Waals surface area (Å²) in [6.07, 6.45) is 9.35. The monoisotopic (exact) mass is 308 g/mol. The Balaban J connectivity index is 1.92. The number of anilines is 2. The van der Waals surface area contributed by atoms with E-state index < -0.39 is 0 Å². The van der Waals surface area contributed by atoms with Crippen LogP contribution in [0.2, 0.25) is 0 Å². The molecule has 0 aliphatic heterocycles. The van der Waals surface area contributed by atoms with Gasteiger partial charge >= 0.3 is 0 Å². The van der Waals surface area contributed by atoms with Crippen LogP contribution >= 0.6 is 0 Å². The quantitative estimate of drug-likeness (QED) is 0.810. The third kappa shape index (κ3) is 3.21. The Hall–Kier alpha value is -2.36. The molecule has 1 aliphatic carbocycles. The van der Waals surface area contributed by atoms with E-state index >= 15 is 0 Å². The van der Waals surface area contributed by atoms with Crippen LogP contribution in [0.25, 0.3) is 0 Å². The lowest BCUT2D eigenvalue weighted by Crippen LogP contribution is -2.13. The first-order valence-corrected chi connectivity index (χ1v) is 7.99. The summed E-state index contributed by atoms with van der Waals surface area (Å²) in [4.78, 5) is 13.5. The second-order valence-electron chi connectivity index (χ2n) is 6.46. The van der Waals surface area contributed by atoms with Crippen LogP contribution in [-0.2, 0) is 0 Å². The highest BCUT2D eigenvalue weighted by Crippen LogP contribution is 2.41. The number of aromatic nitrogens is 2. The first-order valence-electron chi connectivity index (χ1n) is 7.99. The van der Waals surface area contributed by atoms with Crippen LogP contribution in [0.15, 0.2) is 48.8 Å². The topological polar surface area (TPSA) is 32.3 Å². The molecule has 3 rings (SSSR count). The summed E-state index contributed by atoms with van der Waals surface area (Å²) in [7, 11) is 8.24. The van der Waals surface area contributed by atoms with E-state index in [-0.39, 0.29) is 0 Å². The van der Waals surface area contributed by atoms with Gasteiger partial charge in [-0.3, -0.25) is 9.97 Å². The first kappa shape index (κ1) is 15.5. The lowest BCUT2D eigenvalue weighted by atomic mass is 9.88. The Labute approximate surface area is 138 Å². The van der Waals surface area contributed by atoms with Crippen molar-refractivity contribution >= 4 is 11.4 Å². The minimum Gasteiger partial charge on any atom is -0.378 e. The third-order valence-corrected chi connectivity index (χ3v) is 4.45. The average molecular weight is 308 g/mol. The van der Waals surface area contributed by atoms with E-state index in [2.05, 4.69) is 72.2 Å². The molecule has 23 heavy (non-hydrogen) atoms. The van der Waals surface area contributed by atoms with E-state index in [0.717, 1.165) is 17.8 Å². The van der Waals surface area contributed by atoms with Crippen molar-refractivity contribution in [2.75, 3.05) is 38.0 Å². The maximum Gasteiger partial charge on any atom is 0.0499 e. The molecule has 4 heteroatoms. The van der Waals surface area contributed by atoms with Crippen molar-refractivity contribution < 1.29 is 0 Å². The standard InChI is InChI=1S/C19H24N4/c1-22(2)14-8-10-20-18(12-14)16-6-5-7-17(16)19-13-15(23(3)4)9-11-21-19/h5-6,8-13,16-17H,7H2,1-4H3. The molecule has 0 N–H and O–H groups in total. The Morgan fingerprint density at radius 1 is 0.870 bits per heavy atom. The van der Waals surface area contributed by atoms with Crippen molar-refractivity contribution in [1.82, 2.24) is 9.97 Å². The van der Waals surface area contributed by atoms with Crippen LogP contribution < -0.4 is 9.80 Å². The van der Waals surface area contributed by atoms with Gasteiger partial charge < -0.3 is 9.80 Å². The highest BCUT2D eigenvalue weighted by Gasteiger charge is 2.28. The SMILES string of the molecule is CN(C)c1ccnc(C2C=CCC2c2cc(N(C)C)ccn2)c1. The number of allylic oxidation sites excluding steroid dienone is 2. The molecular formula is C19H24N4. The molecule has 2 aromatic rings. The molecule has 2 atom stereocenters. The fourth-order valence-electron chi connectivity index (χ4n) is 3.08. The summed E-state index contributed by atoms with van der Waals surface area (Å²) in [6.45, 7) is 0. The largest absolute Gasteiger partial charge is 0.378 e. The number of hydrogen-bond donors (Lipinski definition) is 0. The van der Waals surface area contributed by atoms with Crippen molar-refractivity contribution in [2.24, 2.45) is 0 Å². The highest BCUT2D eigenvalue weighted by molar-refractivity contribution is 5.49. The van der Waals surface area contributed by atoms with E-state index in [1.54, 1.807) is 0 Å². The smallest absolute Gasteiger partial charge is 0.0499 e. The van der Waals surface area contributed by atoms with Crippen LogP contribution in [0.5, 0.6) is 0 Å². The van der Waals surface area contributed by atoms with Crippen LogP contribution in [0.4, 0.5) is 11.4 Å². The maximum absolute atomic E-state index is 4.63. The Morgan fingerprint density at radius 2 is 1.43 bits per heavy atom. The molecule has 0 fully saturated rings. The van der Waals surface area contributed by atoms with Gasteiger partial charge in [0.05, 0.1) is 0 Å². The molecule has 4 nitrogen and oxygen atoms in total. The van der Waals surface area contributed by atoms with Crippen LogP contribution in [0, 0.1) is 0 Å². The van der Waals surface area contributed by atoms with E-state index in [1.807, 2.05) is 24.5 Å². The fourth-order valence-corrected chi connectivity index (χ4v) is 3.08. The molecule has 120 valence electrons. The van der Waals surface area contributed by atoms with Gasteiger partial charge in [-0.05, 0) is 30.7 Å². The molecule has 2 heterocycles. The number of pyridine rings is 2. The molecule has 2 unspecified atom stereocenters. The van der Waals surface area contributed by atoms with E-state index in [1.165, 1.54) is 11.4 Å². The summed E-state index contributed by atoms with van der Waals surface area (Å²) in [5, 5.41) is 0. The molecular weight excluding hydrogens is 284 g/mol. The zero-order valence-corrected chi connectivity index (χ0v) is 14.3. The Bertz CT molecular complexity index is 706. The van der Waals surface area contributed by atoms with Crippen molar-refractivity contribution in [2.45, 2.75) is 18.3 Å². The first-order chi connectivity index (χ1) is 11.1. The van der Waals surface area contributed by atoms with Gasteiger partial charge in [0.15, 0.2) is 0 Å². The van der Waals surface area contributed by atoms with Gasteiger partial charge in [-0.25, -0.2) is 0 Å². The summed E-state index contributed by atoms with van der Waals surface area (Å²) >= 11 is 0. The van der Waals surface area contributed by atoms with Gasteiger partial charge in [-0.15, -0.1) is 0 Å². The van der Waals surface area contributed by atoms with E-state index in [4.69, 9.17) is 0 Å². The van der Waals surface area contributed by atoms with Crippen LogP contribution in [0.3, 0.4) is 0 Å². The number of hydrogen-bond acceptors (Lipinski definition) is 4. The zero-order valence-electron chi connectivity index (χ0n) is 14.3. The van der Waals surface area contributed by atoms with Crippen molar-refractivity contribution in [3.05, 3.63) is 60.2 Å². The molecule has 0 bridgehead atoms. The van der Waals surface area contributed by atoms with Crippen molar-refractivity contribution in [3.63, 3.8) is 0 Å². The molecule has 0 saturated carbocycles. The van der Waals surface area contributed by atoms with Crippen molar-refractivity contribution in [1.29, 1.82) is 0 Å². The summed E-state index contributed by atoms with van der Waals surface area (Å²) in [5.74, 6) is 0.652. The third-order valence-electron chi connectivity index (χ3n) is 4.45. The molecule has 0 radical (unpaired) electrons. The van der Waals surface area contributed by atoms with Gasteiger partial charge in [0.1, 0.15) is 0 Å². The molecule has 0 spiro atoms. The lowest BCUT2D eigenvalue weighted by Gasteiger charge is -2.22. The van der Waals surface area contributed by atoms with Gasteiger partial charge in [0, 0.05) is 75.2 Å². The molecule has 1 aliphatic rings. The van der Waals surface area contributed by atoms with E-state index in [0.29, 0.717) is 11.8 Å². The molecule has 0 aromatic carbocycles. The van der Waals surface area contributed by atoms with Gasteiger partial charge in [0.2, 0.25) is 0 Å². The summed E-state index contributed by atoms with van der Waals surface area (Å²) < 4.78 is 0. The number of rotatable bonds is 4.